The molecule has 0 radical (unpaired) electrons. The standard InChI is InChI=1S/C13H21N7O/c1-4-14-9(21)7-20(6-3)12-10-11(17-8-16-10)18-13(19-12)15-5-2/h8H,4-7H2,1-3H3,(H,14,21)(H2,15,16,17,18,19). The minimum absolute atomic E-state index is 0.0318. The number of aromatic nitrogens is 4. The summed E-state index contributed by atoms with van der Waals surface area (Å²) in [4.78, 5) is 29.8. The first-order valence-electron chi connectivity index (χ1n) is 7.16. The van der Waals surface area contributed by atoms with E-state index in [0.29, 0.717) is 30.5 Å². The molecule has 0 fully saturated rings. The Bertz CT molecular complexity index is 610. The van der Waals surface area contributed by atoms with E-state index in [1.807, 2.05) is 25.7 Å². The van der Waals surface area contributed by atoms with Crippen LogP contribution in [0, 0.1) is 0 Å². The zero-order valence-corrected chi connectivity index (χ0v) is 12.6. The van der Waals surface area contributed by atoms with Crippen LogP contribution in [0.4, 0.5) is 11.8 Å². The van der Waals surface area contributed by atoms with Crippen LogP contribution in [0.5, 0.6) is 0 Å². The molecule has 114 valence electrons. The van der Waals surface area contributed by atoms with Gasteiger partial charge in [0.25, 0.3) is 0 Å². The molecule has 2 heterocycles. The molecular weight excluding hydrogens is 270 g/mol. The third-order valence-electron chi connectivity index (χ3n) is 2.99. The van der Waals surface area contributed by atoms with E-state index in [-0.39, 0.29) is 12.5 Å². The molecule has 0 unspecified atom stereocenters. The summed E-state index contributed by atoms with van der Waals surface area (Å²) in [5, 5.41) is 5.88. The van der Waals surface area contributed by atoms with Crippen molar-refractivity contribution in [2.24, 2.45) is 0 Å². The van der Waals surface area contributed by atoms with Crippen LogP contribution >= 0.6 is 0 Å². The van der Waals surface area contributed by atoms with Gasteiger partial charge in [-0.25, -0.2) is 4.98 Å². The molecule has 0 atom stereocenters. The Kier molecular flexibility index (Phi) is 4.91. The third kappa shape index (κ3) is 3.39. The fourth-order valence-corrected chi connectivity index (χ4v) is 2.05. The van der Waals surface area contributed by atoms with Crippen molar-refractivity contribution in [3.63, 3.8) is 0 Å². The maximum Gasteiger partial charge on any atom is 0.239 e. The van der Waals surface area contributed by atoms with Crippen LogP contribution < -0.4 is 15.5 Å². The number of hydrogen-bond donors (Lipinski definition) is 3. The zero-order chi connectivity index (χ0) is 15.2. The van der Waals surface area contributed by atoms with Crippen LogP contribution in [0.3, 0.4) is 0 Å². The Hall–Kier alpha value is -2.38. The number of aromatic amines is 1. The van der Waals surface area contributed by atoms with Crippen molar-refractivity contribution >= 4 is 28.8 Å². The van der Waals surface area contributed by atoms with Gasteiger partial charge in [0, 0.05) is 19.6 Å². The first kappa shape index (κ1) is 15.0. The fraction of sp³-hybridized carbons (Fsp3) is 0.538. The SMILES string of the molecule is CCNC(=O)CN(CC)c1nc(NCC)nc2nc[nH]c12. The van der Waals surface area contributed by atoms with Gasteiger partial charge in [-0.05, 0) is 20.8 Å². The minimum Gasteiger partial charge on any atom is -0.355 e. The maximum atomic E-state index is 11.8. The van der Waals surface area contributed by atoms with Crippen LogP contribution in [0.25, 0.3) is 11.2 Å². The Morgan fingerprint density at radius 1 is 1.29 bits per heavy atom. The second kappa shape index (κ2) is 6.87. The molecular formula is C13H21N7O. The van der Waals surface area contributed by atoms with E-state index in [1.165, 1.54) is 0 Å². The summed E-state index contributed by atoms with van der Waals surface area (Å²) in [5.41, 5.74) is 1.33. The van der Waals surface area contributed by atoms with E-state index in [2.05, 4.69) is 30.6 Å². The molecule has 21 heavy (non-hydrogen) atoms. The lowest BCUT2D eigenvalue weighted by molar-refractivity contribution is -0.119. The summed E-state index contributed by atoms with van der Waals surface area (Å²) in [6.07, 6.45) is 1.58. The molecule has 0 aromatic carbocycles. The van der Waals surface area contributed by atoms with Gasteiger partial charge in [-0.2, -0.15) is 9.97 Å². The number of anilines is 2. The van der Waals surface area contributed by atoms with Gasteiger partial charge in [0.15, 0.2) is 11.5 Å². The smallest absolute Gasteiger partial charge is 0.239 e. The summed E-state index contributed by atoms with van der Waals surface area (Å²) in [7, 11) is 0. The lowest BCUT2D eigenvalue weighted by Crippen LogP contribution is -2.37. The highest BCUT2D eigenvalue weighted by atomic mass is 16.2. The highest BCUT2D eigenvalue weighted by Gasteiger charge is 2.17. The minimum atomic E-state index is -0.0318. The Morgan fingerprint density at radius 2 is 2.10 bits per heavy atom. The topological polar surface area (TPSA) is 98.8 Å². The number of nitrogens with zero attached hydrogens (tertiary/aromatic N) is 4. The largest absolute Gasteiger partial charge is 0.355 e. The van der Waals surface area contributed by atoms with E-state index in [0.717, 1.165) is 12.1 Å². The van der Waals surface area contributed by atoms with E-state index in [9.17, 15) is 4.79 Å². The van der Waals surface area contributed by atoms with Crippen LogP contribution in [0.15, 0.2) is 6.33 Å². The van der Waals surface area contributed by atoms with Crippen molar-refractivity contribution in [2.75, 3.05) is 36.4 Å². The van der Waals surface area contributed by atoms with Crippen molar-refractivity contribution < 1.29 is 4.79 Å². The van der Waals surface area contributed by atoms with Crippen molar-refractivity contribution in [3.8, 4) is 0 Å². The van der Waals surface area contributed by atoms with Crippen LogP contribution in [-0.4, -0.2) is 52.0 Å². The van der Waals surface area contributed by atoms with Gasteiger partial charge in [0.2, 0.25) is 11.9 Å². The van der Waals surface area contributed by atoms with Crippen molar-refractivity contribution in [1.82, 2.24) is 25.3 Å². The van der Waals surface area contributed by atoms with Crippen LogP contribution in [0.1, 0.15) is 20.8 Å². The molecule has 2 aromatic heterocycles. The van der Waals surface area contributed by atoms with Crippen LogP contribution in [-0.2, 0) is 4.79 Å². The summed E-state index contributed by atoms with van der Waals surface area (Å²) in [6, 6.07) is 0. The van der Waals surface area contributed by atoms with Gasteiger partial charge >= 0.3 is 0 Å². The van der Waals surface area contributed by atoms with E-state index >= 15 is 0 Å². The predicted molar refractivity (Wildman–Crippen MR) is 82.4 cm³/mol. The fourth-order valence-electron chi connectivity index (χ4n) is 2.05. The summed E-state index contributed by atoms with van der Waals surface area (Å²) >= 11 is 0. The van der Waals surface area contributed by atoms with Gasteiger partial charge < -0.3 is 20.5 Å². The number of amides is 1. The maximum absolute atomic E-state index is 11.8. The van der Waals surface area contributed by atoms with Gasteiger partial charge in [0.1, 0.15) is 5.52 Å². The first-order chi connectivity index (χ1) is 10.2. The monoisotopic (exact) mass is 291 g/mol. The number of likely N-dealkylation sites (N-methyl/N-ethyl adjacent to an activating group) is 2. The molecule has 8 nitrogen and oxygen atoms in total. The van der Waals surface area contributed by atoms with Crippen molar-refractivity contribution in [1.29, 1.82) is 0 Å². The number of imidazole rings is 1. The lowest BCUT2D eigenvalue weighted by atomic mass is 10.4. The van der Waals surface area contributed by atoms with Gasteiger partial charge in [0.05, 0.1) is 12.9 Å². The second-order valence-corrected chi connectivity index (χ2v) is 4.47. The molecule has 3 N–H and O–H groups in total. The molecule has 2 rings (SSSR count). The average molecular weight is 291 g/mol. The van der Waals surface area contributed by atoms with Gasteiger partial charge in [-0.1, -0.05) is 0 Å². The normalized spacial score (nSPS) is 10.6. The summed E-state index contributed by atoms with van der Waals surface area (Å²) in [5.74, 6) is 1.17. The number of nitrogens with one attached hydrogen (secondary N) is 3. The van der Waals surface area contributed by atoms with E-state index < -0.39 is 0 Å². The van der Waals surface area contributed by atoms with Crippen molar-refractivity contribution in [3.05, 3.63) is 6.33 Å². The quantitative estimate of drug-likeness (QED) is 0.696. The predicted octanol–water partition coefficient (Wildman–Crippen LogP) is 0.747. The molecule has 0 saturated heterocycles. The van der Waals surface area contributed by atoms with Gasteiger partial charge in [-0.15, -0.1) is 0 Å². The van der Waals surface area contributed by atoms with Crippen molar-refractivity contribution in [2.45, 2.75) is 20.8 Å². The first-order valence-corrected chi connectivity index (χ1v) is 7.16. The molecule has 2 aromatic rings. The highest BCUT2D eigenvalue weighted by Crippen LogP contribution is 2.22. The van der Waals surface area contributed by atoms with E-state index in [1.54, 1.807) is 6.33 Å². The summed E-state index contributed by atoms with van der Waals surface area (Å²) in [6.45, 7) is 8.10. The molecule has 0 aliphatic rings. The average Bonchev–Trinajstić information content (AvgIpc) is 2.93. The number of H-pyrrole nitrogens is 1. The Labute approximate surface area is 123 Å². The Morgan fingerprint density at radius 3 is 2.76 bits per heavy atom. The Balaban J connectivity index is 2.36. The highest BCUT2D eigenvalue weighted by molar-refractivity contribution is 5.88. The zero-order valence-electron chi connectivity index (χ0n) is 12.6. The number of carbonyl (C=O) groups is 1. The molecule has 0 aliphatic carbocycles. The molecule has 0 saturated carbocycles. The molecule has 0 bridgehead atoms. The second-order valence-electron chi connectivity index (χ2n) is 4.47. The third-order valence-corrected chi connectivity index (χ3v) is 2.99. The van der Waals surface area contributed by atoms with Crippen LogP contribution in [0.2, 0.25) is 0 Å². The number of carbonyl (C=O) groups excluding carboxylic acids is 1. The number of fused-ring (bicyclic) bond motifs is 1. The van der Waals surface area contributed by atoms with Gasteiger partial charge in [-0.3, -0.25) is 4.79 Å². The molecule has 8 heteroatoms. The molecule has 1 amide bonds. The summed E-state index contributed by atoms with van der Waals surface area (Å²) < 4.78 is 0. The van der Waals surface area contributed by atoms with E-state index in [4.69, 9.17) is 0 Å². The number of rotatable bonds is 7. The lowest BCUT2D eigenvalue weighted by Gasteiger charge is -2.22. The molecule has 0 spiro atoms. The number of hydrogen-bond acceptors (Lipinski definition) is 6. The molecule has 0 aliphatic heterocycles.